The van der Waals surface area contributed by atoms with Gasteiger partial charge in [0.15, 0.2) is 11.4 Å². The van der Waals surface area contributed by atoms with Gasteiger partial charge in [0, 0.05) is 32.4 Å². The molecule has 1 aliphatic heterocycles. The van der Waals surface area contributed by atoms with Crippen molar-refractivity contribution in [2.24, 2.45) is 0 Å². The van der Waals surface area contributed by atoms with E-state index in [1.807, 2.05) is 18.0 Å². The first-order chi connectivity index (χ1) is 8.54. The highest BCUT2D eigenvalue weighted by Crippen LogP contribution is 2.27. The Morgan fingerprint density at radius 1 is 1.61 bits per heavy atom. The average molecular weight is 254 g/mol. The second kappa shape index (κ2) is 6.36. The third-order valence-electron chi connectivity index (χ3n) is 2.94. The van der Waals surface area contributed by atoms with Crippen LogP contribution in [0.5, 0.6) is 0 Å². The molecule has 0 spiro atoms. The van der Waals surface area contributed by atoms with Crippen molar-refractivity contribution in [2.45, 2.75) is 31.8 Å². The molecule has 1 heterocycles. The fourth-order valence-corrected chi connectivity index (χ4v) is 2.05. The Balaban J connectivity index is 2.82. The molecule has 1 unspecified atom stereocenters. The van der Waals surface area contributed by atoms with Crippen LogP contribution < -0.4 is 0 Å². The fourth-order valence-electron chi connectivity index (χ4n) is 2.05. The lowest BCUT2D eigenvalue weighted by Gasteiger charge is -2.38. The number of carbonyl (C=O) groups excluding carboxylic acids is 2. The molecule has 100 valence electrons. The molecule has 1 aliphatic rings. The lowest BCUT2D eigenvalue weighted by Crippen LogP contribution is -2.56. The van der Waals surface area contributed by atoms with Crippen LogP contribution in [-0.4, -0.2) is 49.2 Å². The first-order valence-corrected chi connectivity index (χ1v) is 5.98. The molecular weight excluding hydrogens is 236 g/mol. The van der Waals surface area contributed by atoms with Gasteiger partial charge in [-0.15, -0.1) is 0 Å². The van der Waals surface area contributed by atoms with E-state index in [-0.39, 0.29) is 25.2 Å². The molecule has 6 heteroatoms. The SMILES string of the molecule is CCOC(=O)OC1(CCC#N)CN(C)CCC1=O. The standard InChI is InChI=1S/C12H18N2O4/c1-3-17-11(16)18-12(6-4-7-13)9-14(2)8-5-10(12)15/h3-6,8-9H2,1-2H3. The average Bonchev–Trinajstić information content (AvgIpc) is 2.32. The molecule has 0 bridgehead atoms. The topological polar surface area (TPSA) is 79.6 Å². The maximum atomic E-state index is 12.0. The summed E-state index contributed by atoms with van der Waals surface area (Å²) in [6.07, 6.45) is -0.148. The van der Waals surface area contributed by atoms with Gasteiger partial charge in [0.25, 0.3) is 0 Å². The number of ketones is 1. The number of Topliss-reactive ketones (excluding diaryl/α,β-unsaturated/α-hetero) is 1. The minimum absolute atomic E-state index is 0.135. The predicted octanol–water partition coefficient (Wildman–Crippen LogP) is 1.11. The lowest BCUT2D eigenvalue weighted by molar-refractivity contribution is -0.148. The van der Waals surface area contributed by atoms with Crippen LogP contribution in [0, 0.1) is 11.3 Å². The Kier molecular flexibility index (Phi) is 5.10. The maximum absolute atomic E-state index is 12.0. The van der Waals surface area contributed by atoms with Crippen molar-refractivity contribution in [1.82, 2.24) is 4.90 Å². The molecule has 0 aliphatic carbocycles. The van der Waals surface area contributed by atoms with Crippen molar-refractivity contribution in [2.75, 3.05) is 26.7 Å². The van der Waals surface area contributed by atoms with Crippen molar-refractivity contribution in [3.05, 3.63) is 0 Å². The van der Waals surface area contributed by atoms with Crippen LogP contribution in [-0.2, 0) is 14.3 Å². The third kappa shape index (κ3) is 3.44. The number of rotatable bonds is 4. The van der Waals surface area contributed by atoms with E-state index in [1.165, 1.54) is 0 Å². The smallest absolute Gasteiger partial charge is 0.435 e. The molecule has 0 N–H and O–H groups in total. The molecule has 0 amide bonds. The number of likely N-dealkylation sites (tertiary alicyclic amines) is 1. The van der Waals surface area contributed by atoms with Gasteiger partial charge in [0.05, 0.1) is 12.7 Å². The van der Waals surface area contributed by atoms with Crippen LogP contribution in [0.3, 0.4) is 0 Å². The van der Waals surface area contributed by atoms with E-state index in [0.29, 0.717) is 19.5 Å². The maximum Gasteiger partial charge on any atom is 0.509 e. The summed E-state index contributed by atoms with van der Waals surface area (Å²) in [7, 11) is 1.85. The zero-order valence-electron chi connectivity index (χ0n) is 10.8. The molecule has 0 aromatic carbocycles. The molecular formula is C12H18N2O4. The van der Waals surface area contributed by atoms with Crippen molar-refractivity contribution >= 4 is 11.9 Å². The Hall–Kier alpha value is -1.61. The van der Waals surface area contributed by atoms with E-state index in [4.69, 9.17) is 14.7 Å². The second-order valence-electron chi connectivity index (χ2n) is 4.35. The predicted molar refractivity (Wildman–Crippen MR) is 62.8 cm³/mol. The summed E-state index contributed by atoms with van der Waals surface area (Å²) in [5, 5.41) is 8.65. The van der Waals surface area contributed by atoms with Gasteiger partial charge in [-0.25, -0.2) is 4.79 Å². The number of nitrogens with zero attached hydrogens (tertiary/aromatic N) is 2. The largest absolute Gasteiger partial charge is 0.509 e. The van der Waals surface area contributed by atoms with E-state index in [2.05, 4.69) is 0 Å². The molecule has 18 heavy (non-hydrogen) atoms. The summed E-state index contributed by atoms with van der Waals surface area (Å²) in [6, 6.07) is 1.98. The van der Waals surface area contributed by atoms with Gasteiger partial charge in [0.1, 0.15) is 0 Å². The first-order valence-electron chi connectivity index (χ1n) is 5.98. The third-order valence-corrected chi connectivity index (χ3v) is 2.94. The zero-order chi connectivity index (χ0) is 13.6. The van der Waals surface area contributed by atoms with E-state index in [0.717, 1.165) is 0 Å². The molecule has 1 fully saturated rings. The summed E-state index contributed by atoms with van der Waals surface area (Å²) < 4.78 is 9.92. The minimum Gasteiger partial charge on any atom is -0.435 e. The highest BCUT2D eigenvalue weighted by Gasteiger charge is 2.45. The van der Waals surface area contributed by atoms with Gasteiger partial charge in [-0.05, 0) is 14.0 Å². The molecule has 0 aromatic rings. The Labute approximate surface area is 106 Å². The molecule has 1 saturated heterocycles. The molecule has 0 radical (unpaired) electrons. The number of likely N-dealkylation sites (N-methyl/N-ethyl adjacent to an activating group) is 1. The van der Waals surface area contributed by atoms with Gasteiger partial charge in [-0.2, -0.15) is 5.26 Å². The van der Waals surface area contributed by atoms with Gasteiger partial charge in [-0.3, -0.25) is 4.79 Å². The summed E-state index contributed by atoms with van der Waals surface area (Å²) in [4.78, 5) is 25.4. The Bertz CT molecular complexity index is 364. The van der Waals surface area contributed by atoms with E-state index in [1.54, 1.807) is 6.92 Å². The number of hydrogen-bond acceptors (Lipinski definition) is 6. The minimum atomic E-state index is -1.23. The van der Waals surface area contributed by atoms with Crippen LogP contribution in [0.1, 0.15) is 26.2 Å². The number of nitriles is 1. The number of hydrogen-bond donors (Lipinski definition) is 0. The van der Waals surface area contributed by atoms with E-state index >= 15 is 0 Å². The molecule has 1 atom stereocenters. The number of piperidine rings is 1. The quantitative estimate of drug-likeness (QED) is 0.699. The highest BCUT2D eigenvalue weighted by molar-refractivity contribution is 5.90. The molecule has 1 rings (SSSR count). The monoisotopic (exact) mass is 254 g/mol. The Morgan fingerprint density at radius 2 is 2.33 bits per heavy atom. The van der Waals surface area contributed by atoms with Gasteiger partial charge < -0.3 is 14.4 Å². The fraction of sp³-hybridized carbons (Fsp3) is 0.750. The molecule has 0 saturated carbocycles. The van der Waals surface area contributed by atoms with Crippen LogP contribution in [0.15, 0.2) is 0 Å². The van der Waals surface area contributed by atoms with E-state index < -0.39 is 11.8 Å². The number of carbonyl (C=O) groups is 2. The van der Waals surface area contributed by atoms with Gasteiger partial charge >= 0.3 is 6.16 Å². The first kappa shape index (κ1) is 14.5. The lowest BCUT2D eigenvalue weighted by atomic mass is 9.87. The van der Waals surface area contributed by atoms with Crippen LogP contribution in [0.4, 0.5) is 4.79 Å². The summed E-state index contributed by atoms with van der Waals surface area (Å²) in [5.74, 6) is -0.135. The van der Waals surface area contributed by atoms with Crippen LogP contribution in [0.2, 0.25) is 0 Å². The molecule has 6 nitrogen and oxygen atoms in total. The Morgan fingerprint density at radius 3 is 2.94 bits per heavy atom. The highest BCUT2D eigenvalue weighted by atomic mass is 16.7. The zero-order valence-corrected chi connectivity index (χ0v) is 10.8. The van der Waals surface area contributed by atoms with Crippen molar-refractivity contribution in [1.29, 1.82) is 5.26 Å². The molecule has 0 aromatic heterocycles. The van der Waals surface area contributed by atoms with E-state index in [9.17, 15) is 9.59 Å². The normalized spacial score (nSPS) is 24.4. The van der Waals surface area contributed by atoms with Crippen LogP contribution >= 0.6 is 0 Å². The van der Waals surface area contributed by atoms with Gasteiger partial charge in [0.2, 0.25) is 0 Å². The second-order valence-corrected chi connectivity index (χ2v) is 4.35. The summed E-state index contributed by atoms with van der Waals surface area (Å²) in [5.41, 5.74) is -1.23. The van der Waals surface area contributed by atoms with Crippen LogP contribution in [0.25, 0.3) is 0 Å². The van der Waals surface area contributed by atoms with Crippen molar-refractivity contribution < 1.29 is 19.1 Å². The summed E-state index contributed by atoms with van der Waals surface area (Å²) >= 11 is 0. The van der Waals surface area contributed by atoms with Crippen molar-refractivity contribution in [3.8, 4) is 6.07 Å². The van der Waals surface area contributed by atoms with Gasteiger partial charge in [-0.1, -0.05) is 0 Å². The summed E-state index contributed by atoms with van der Waals surface area (Å²) in [6.45, 7) is 2.81. The van der Waals surface area contributed by atoms with Crippen molar-refractivity contribution in [3.63, 3.8) is 0 Å². The number of ether oxygens (including phenoxy) is 2.